The van der Waals surface area contributed by atoms with Crippen molar-refractivity contribution in [3.8, 4) is 11.6 Å². The van der Waals surface area contributed by atoms with Crippen LogP contribution in [0.1, 0.15) is 27.2 Å². The lowest BCUT2D eigenvalue weighted by Crippen LogP contribution is -2.26. The number of ether oxygens (including phenoxy) is 1. The molecular weight excluding hydrogens is 364 g/mol. The number of aromatic nitrogens is 3. The summed E-state index contributed by atoms with van der Waals surface area (Å²) in [5, 5.41) is 2.88. The van der Waals surface area contributed by atoms with E-state index in [1.165, 1.54) is 0 Å². The largest absolute Gasteiger partial charge is 0.440 e. The topological polar surface area (TPSA) is 99.9 Å². The molecule has 3 N–H and O–H groups in total. The van der Waals surface area contributed by atoms with Crippen LogP contribution in [0.3, 0.4) is 0 Å². The molecule has 27 heavy (non-hydrogen) atoms. The molecule has 0 saturated heterocycles. The van der Waals surface area contributed by atoms with E-state index in [2.05, 4.69) is 20.3 Å². The van der Waals surface area contributed by atoms with Gasteiger partial charge >= 0.3 is 0 Å². The predicted molar refractivity (Wildman–Crippen MR) is 102 cm³/mol. The van der Waals surface area contributed by atoms with Gasteiger partial charge in [-0.1, -0.05) is 12.1 Å². The van der Waals surface area contributed by atoms with Gasteiger partial charge in [0.2, 0.25) is 5.88 Å². The van der Waals surface area contributed by atoms with Crippen LogP contribution in [0.25, 0.3) is 0 Å². The summed E-state index contributed by atoms with van der Waals surface area (Å²) >= 11 is 4.98. The molecule has 0 aliphatic carbocycles. The third-order valence-corrected chi connectivity index (χ3v) is 4.51. The van der Waals surface area contributed by atoms with E-state index in [-0.39, 0.29) is 16.2 Å². The van der Waals surface area contributed by atoms with Gasteiger partial charge in [0.15, 0.2) is 4.77 Å². The highest BCUT2D eigenvalue weighted by atomic mass is 32.1. The highest BCUT2D eigenvalue weighted by Crippen LogP contribution is 2.33. The van der Waals surface area contributed by atoms with Gasteiger partial charge in [-0.2, -0.15) is 0 Å². The van der Waals surface area contributed by atoms with Crippen molar-refractivity contribution in [1.82, 2.24) is 20.3 Å². The molecule has 1 aliphatic rings. The number of aromatic amines is 2. The molecule has 0 saturated carbocycles. The quantitative estimate of drug-likeness (QED) is 0.473. The normalized spacial score (nSPS) is 11.9. The molecule has 0 atom stereocenters. The maximum absolute atomic E-state index is 12.4. The second kappa shape index (κ2) is 7.16. The van der Waals surface area contributed by atoms with E-state index in [4.69, 9.17) is 17.0 Å². The number of hydrogen-bond acceptors (Lipinski definition) is 5. The van der Waals surface area contributed by atoms with Crippen molar-refractivity contribution in [3.05, 3.63) is 80.1 Å². The van der Waals surface area contributed by atoms with E-state index < -0.39 is 0 Å². The zero-order chi connectivity index (χ0) is 18.8. The van der Waals surface area contributed by atoms with Gasteiger partial charge in [0, 0.05) is 36.8 Å². The van der Waals surface area contributed by atoms with Crippen LogP contribution in [0.5, 0.6) is 11.6 Å². The Hall–Kier alpha value is -3.26. The Balaban J connectivity index is 1.48. The SMILES string of the molecule is O=C(NCCc1ccccn1)c1ccc2c(c1)Oc1[nH]c(=S)[nH]c(=O)c1C2. The molecule has 1 aromatic carbocycles. The Morgan fingerprint density at radius 2 is 2.15 bits per heavy atom. The lowest BCUT2D eigenvalue weighted by molar-refractivity contribution is 0.0953. The lowest BCUT2D eigenvalue weighted by atomic mass is 10.0. The third kappa shape index (κ3) is 3.65. The maximum Gasteiger partial charge on any atom is 0.259 e. The van der Waals surface area contributed by atoms with Gasteiger partial charge in [0.05, 0.1) is 5.56 Å². The van der Waals surface area contributed by atoms with Crippen LogP contribution in [-0.2, 0) is 12.8 Å². The summed E-state index contributed by atoms with van der Waals surface area (Å²) in [4.78, 5) is 34.0. The summed E-state index contributed by atoms with van der Waals surface area (Å²) in [5.41, 5.74) is 2.47. The molecule has 0 bridgehead atoms. The van der Waals surface area contributed by atoms with Gasteiger partial charge in [-0.25, -0.2) is 0 Å². The fourth-order valence-electron chi connectivity index (χ4n) is 2.93. The van der Waals surface area contributed by atoms with Crippen LogP contribution in [0.2, 0.25) is 0 Å². The summed E-state index contributed by atoms with van der Waals surface area (Å²) < 4.78 is 5.97. The van der Waals surface area contributed by atoms with Gasteiger partial charge in [0.1, 0.15) is 5.75 Å². The number of rotatable bonds is 4. The van der Waals surface area contributed by atoms with Crippen molar-refractivity contribution in [2.24, 2.45) is 0 Å². The third-order valence-electron chi connectivity index (χ3n) is 4.30. The highest BCUT2D eigenvalue weighted by Gasteiger charge is 2.21. The fraction of sp³-hybridized carbons (Fsp3) is 0.158. The Morgan fingerprint density at radius 3 is 2.96 bits per heavy atom. The molecule has 4 rings (SSSR count). The summed E-state index contributed by atoms with van der Waals surface area (Å²) in [6.45, 7) is 0.485. The fourth-order valence-corrected chi connectivity index (χ4v) is 3.11. The molecule has 0 unspecified atom stereocenters. The van der Waals surface area contributed by atoms with Crippen molar-refractivity contribution in [2.75, 3.05) is 6.54 Å². The highest BCUT2D eigenvalue weighted by molar-refractivity contribution is 7.71. The smallest absolute Gasteiger partial charge is 0.259 e. The maximum atomic E-state index is 12.4. The number of nitrogens with zero attached hydrogens (tertiary/aromatic N) is 1. The minimum atomic E-state index is -0.268. The van der Waals surface area contributed by atoms with Crippen LogP contribution in [0.15, 0.2) is 47.4 Å². The van der Waals surface area contributed by atoms with Gasteiger partial charge in [0.25, 0.3) is 11.5 Å². The van der Waals surface area contributed by atoms with Crippen molar-refractivity contribution >= 4 is 18.1 Å². The first-order valence-electron chi connectivity index (χ1n) is 8.44. The van der Waals surface area contributed by atoms with E-state index in [0.29, 0.717) is 42.1 Å². The molecule has 1 aliphatic heterocycles. The number of nitrogens with one attached hydrogen (secondary N) is 3. The first-order valence-corrected chi connectivity index (χ1v) is 8.85. The van der Waals surface area contributed by atoms with Crippen LogP contribution in [-0.4, -0.2) is 27.4 Å². The molecule has 7 nitrogen and oxygen atoms in total. The molecule has 136 valence electrons. The molecule has 8 heteroatoms. The minimum Gasteiger partial charge on any atom is -0.440 e. The zero-order valence-corrected chi connectivity index (χ0v) is 15.1. The number of carbonyl (C=O) groups excluding carboxylic acids is 1. The van der Waals surface area contributed by atoms with Gasteiger partial charge < -0.3 is 15.0 Å². The molecule has 2 aromatic heterocycles. The lowest BCUT2D eigenvalue weighted by Gasteiger charge is -2.19. The van der Waals surface area contributed by atoms with Crippen LogP contribution >= 0.6 is 12.2 Å². The standard InChI is InChI=1S/C19H16N4O3S/c24-16(21-8-6-13-3-1-2-7-20-13)12-5-4-11-9-14-17(25)22-19(27)23-18(14)26-15(11)10-12/h1-5,7,10H,6,8-9H2,(H,21,24)(H2,22,23,25,27). The Morgan fingerprint density at radius 1 is 1.26 bits per heavy atom. The van der Waals surface area contributed by atoms with E-state index >= 15 is 0 Å². The predicted octanol–water partition coefficient (Wildman–Crippen LogP) is 2.50. The number of hydrogen-bond donors (Lipinski definition) is 3. The molecular formula is C19H16N4O3S. The summed E-state index contributed by atoms with van der Waals surface area (Å²) in [5.74, 6) is 0.669. The molecule has 0 fully saturated rings. The number of pyridine rings is 1. The van der Waals surface area contributed by atoms with E-state index in [9.17, 15) is 9.59 Å². The van der Waals surface area contributed by atoms with Gasteiger partial charge in [-0.3, -0.25) is 19.6 Å². The Kier molecular flexibility index (Phi) is 4.55. The van der Waals surface area contributed by atoms with Crippen LogP contribution < -0.4 is 15.6 Å². The monoisotopic (exact) mass is 380 g/mol. The van der Waals surface area contributed by atoms with E-state index in [1.807, 2.05) is 18.2 Å². The molecule has 3 heterocycles. The van der Waals surface area contributed by atoms with E-state index in [0.717, 1.165) is 11.3 Å². The number of H-pyrrole nitrogens is 2. The molecule has 0 radical (unpaired) electrons. The second-order valence-corrected chi connectivity index (χ2v) is 6.55. The number of benzene rings is 1. The summed E-state index contributed by atoms with van der Waals surface area (Å²) in [6.07, 6.45) is 2.79. The first-order chi connectivity index (χ1) is 13.1. The van der Waals surface area contributed by atoms with Gasteiger partial charge in [-0.15, -0.1) is 0 Å². The van der Waals surface area contributed by atoms with E-state index in [1.54, 1.807) is 24.4 Å². The number of carbonyl (C=O) groups is 1. The van der Waals surface area contributed by atoms with Crippen molar-refractivity contribution in [2.45, 2.75) is 12.8 Å². The summed E-state index contributed by atoms with van der Waals surface area (Å²) in [6, 6.07) is 10.9. The first kappa shape index (κ1) is 17.2. The molecule has 3 aromatic rings. The number of fused-ring (bicyclic) bond motifs is 2. The van der Waals surface area contributed by atoms with Crippen molar-refractivity contribution < 1.29 is 9.53 Å². The summed E-state index contributed by atoms with van der Waals surface area (Å²) in [7, 11) is 0. The average molecular weight is 380 g/mol. The minimum absolute atomic E-state index is 0.193. The average Bonchev–Trinajstić information content (AvgIpc) is 2.67. The molecule has 1 amide bonds. The zero-order valence-electron chi connectivity index (χ0n) is 14.2. The number of amides is 1. The van der Waals surface area contributed by atoms with Crippen LogP contribution in [0.4, 0.5) is 0 Å². The van der Waals surface area contributed by atoms with Crippen LogP contribution in [0, 0.1) is 4.77 Å². The Bertz CT molecular complexity index is 1120. The van der Waals surface area contributed by atoms with Crippen molar-refractivity contribution in [1.29, 1.82) is 0 Å². The van der Waals surface area contributed by atoms with Gasteiger partial charge in [-0.05, 0) is 42.0 Å². The molecule has 0 spiro atoms. The second-order valence-electron chi connectivity index (χ2n) is 6.14. The van der Waals surface area contributed by atoms with Crippen molar-refractivity contribution in [3.63, 3.8) is 0 Å². The Labute approximate surface area is 159 Å².